The summed E-state index contributed by atoms with van der Waals surface area (Å²) in [5.74, 6) is 0.729. The van der Waals surface area contributed by atoms with Crippen molar-refractivity contribution in [2.75, 3.05) is 16.4 Å². The van der Waals surface area contributed by atoms with Crippen LogP contribution in [0.4, 0.5) is 13.2 Å². The van der Waals surface area contributed by atoms with Gasteiger partial charge in [0.25, 0.3) is 0 Å². The Morgan fingerprint density at radius 2 is 1.59 bits per heavy atom. The first-order valence-corrected chi connectivity index (χ1v) is 8.99. The Labute approximate surface area is 122 Å². The van der Waals surface area contributed by atoms with Gasteiger partial charge in [0.2, 0.25) is 0 Å². The third-order valence-corrected chi connectivity index (χ3v) is 6.59. The van der Waals surface area contributed by atoms with E-state index in [1.54, 1.807) is 0 Å². The Hall–Kier alpha value is 1.10. The molecule has 1 saturated carbocycles. The highest BCUT2D eigenvalue weighted by Crippen LogP contribution is 2.46. The molecule has 0 aromatic heterocycles. The fraction of sp³-hybridized carbons (Fsp3) is 1.00. The van der Waals surface area contributed by atoms with Gasteiger partial charge in [-0.05, 0) is 30.6 Å². The molecule has 1 rings (SSSR count). The maximum Gasteiger partial charge on any atom is 0.441 e. The van der Waals surface area contributed by atoms with E-state index in [2.05, 4.69) is 31.9 Å². The van der Waals surface area contributed by atoms with Crippen molar-refractivity contribution in [3.63, 3.8) is 0 Å². The summed E-state index contributed by atoms with van der Waals surface area (Å²) in [6.07, 6.45) is 5.39. The van der Waals surface area contributed by atoms with E-state index >= 15 is 0 Å². The summed E-state index contributed by atoms with van der Waals surface area (Å²) in [6, 6.07) is 0. The van der Waals surface area contributed by atoms with Crippen molar-refractivity contribution in [3.8, 4) is 0 Å². The molecule has 0 aromatic carbocycles. The molecule has 0 N–H and O–H groups in total. The third-order valence-electron chi connectivity index (χ3n) is 3.62. The maximum absolute atomic E-state index is 12.2. The Balaban J connectivity index is 2.52. The van der Waals surface area contributed by atoms with E-state index in [-0.39, 0.29) is 22.9 Å². The van der Waals surface area contributed by atoms with E-state index in [1.165, 1.54) is 12.8 Å². The van der Waals surface area contributed by atoms with Gasteiger partial charge >= 0.3 is 5.51 Å². The molecule has 1 aliphatic carbocycles. The minimum Gasteiger partial charge on any atom is -0.160 e. The molecule has 0 saturated heterocycles. The van der Waals surface area contributed by atoms with Crippen molar-refractivity contribution in [2.45, 2.75) is 37.6 Å². The van der Waals surface area contributed by atoms with Crippen molar-refractivity contribution < 1.29 is 13.2 Å². The Morgan fingerprint density at radius 3 is 2.00 bits per heavy atom. The zero-order valence-corrected chi connectivity index (χ0v) is 13.5. The molecule has 0 radical (unpaired) electrons. The smallest absolute Gasteiger partial charge is 0.160 e. The summed E-state index contributed by atoms with van der Waals surface area (Å²) in [7, 11) is 0. The van der Waals surface area contributed by atoms with Gasteiger partial charge in [-0.3, -0.25) is 0 Å². The molecule has 102 valence electrons. The molecule has 0 unspecified atom stereocenters. The number of alkyl halides is 5. The molecule has 0 aliphatic heterocycles. The van der Waals surface area contributed by atoms with Gasteiger partial charge in [0.05, 0.1) is 0 Å². The first-order chi connectivity index (χ1) is 7.93. The van der Waals surface area contributed by atoms with Gasteiger partial charge < -0.3 is 0 Å². The highest BCUT2D eigenvalue weighted by atomic mass is 79.9. The average Bonchev–Trinajstić information content (AvgIpc) is 2.77. The number of rotatable bonds is 6. The normalized spacial score (nSPS) is 18.9. The second kappa shape index (κ2) is 7.04. The molecule has 1 fully saturated rings. The van der Waals surface area contributed by atoms with Gasteiger partial charge in [0.1, 0.15) is 0 Å². The number of hydrogen-bond donors (Lipinski definition) is 0. The molecule has 0 amide bonds. The second-order valence-electron chi connectivity index (χ2n) is 4.66. The van der Waals surface area contributed by atoms with Crippen LogP contribution in [0.3, 0.4) is 0 Å². The lowest BCUT2D eigenvalue weighted by Gasteiger charge is -2.36. The van der Waals surface area contributed by atoms with Crippen LogP contribution in [0.1, 0.15) is 32.1 Å². The molecule has 0 spiro atoms. The van der Waals surface area contributed by atoms with Gasteiger partial charge in [-0.1, -0.05) is 56.5 Å². The van der Waals surface area contributed by atoms with Crippen LogP contribution in [-0.2, 0) is 0 Å². The predicted octanol–water partition coefficient (Wildman–Crippen LogP) is 5.60. The van der Waals surface area contributed by atoms with E-state index in [1.807, 2.05) is 0 Å². The molecule has 6 heteroatoms. The molecule has 17 heavy (non-hydrogen) atoms. The largest absolute Gasteiger partial charge is 0.441 e. The average molecular weight is 398 g/mol. The fourth-order valence-electron chi connectivity index (χ4n) is 2.50. The van der Waals surface area contributed by atoms with Crippen molar-refractivity contribution in [2.24, 2.45) is 11.3 Å². The topological polar surface area (TPSA) is 0 Å². The van der Waals surface area contributed by atoms with Gasteiger partial charge in [0.15, 0.2) is 0 Å². The summed E-state index contributed by atoms with van der Waals surface area (Å²) >= 11 is 7.12. The molecule has 0 nitrogen and oxygen atoms in total. The Morgan fingerprint density at radius 1 is 1.06 bits per heavy atom. The maximum atomic E-state index is 12.2. The monoisotopic (exact) mass is 396 g/mol. The van der Waals surface area contributed by atoms with Crippen LogP contribution in [0.15, 0.2) is 0 Å². The first-order valence-electron chi connectivity index (χ1n) is 5.76. The van der Waals surface area contributed by atoms with Crippen LogP contribution >= 0.6 is 43.6 Å². The van der Waals surface area contributed by atoms with Crippen LogP contribution < -0.4 is 0 Å². The third kappa shape index (κ3) is 4.94. The summed E-state index contributed by atoms with van der Waals surface area (Å²) in [5.41, 5.74) is -4.10. The van der Waals surface area contributed by atoms with E-state index in [0.717, 1.165) is 23.5 Å². The highest BCUT2D eigenvalue weighted by molar-refractivity contribution is 9.09. The van der Waals surface area contributed by atoms with Crippen molar-refractivity contribution >= 4 is 43.6 Å². The van der Waals surface area contributed by atoms with Crippen LogP contribution in [0.25, 0.3) is 0 Å². The molecule has 0 aromatic rings. The van der Waals surface area contributed by atoms with Gasteiger partial charge in [-0.15, -0.1) is 0 Å². The number of halogens is 5. The Kier molecular flexibility index (Phi) is 6.69. The van der Waals surface area contributed by atoms with Gasteiger partial charge in [-0.2, -0.15) is 13.2 Å². The van der Waals surface area contributed by atoms with Crippen LogP contribution in [0.2, 0.25) is 0 Å². The molecule has 0 bridgehead atoms. The SMILES string of the molecule is FC(F)(F)SCCC(CBr)(CBr)C1CCCC1. The molecule has 1 aliphatic rings. The van der Waals surface area contributed by atoms with Gasteiger partial charge in [-0.25, -0.2) is 0 Å². The minimum atomic E-state index is -4.10. The lowest BCUT2D eigenvalue weighted by molar-refractivity contribution is -0.0329. The fourth-order valence-corrected chi connectivity index (χ4v) is 5.64. The molecular weight excluding hydrogens is 381 g/mol. The lowest BCUT2D eigenvalue weighted by Crippen LogP contribution is -2.33. The standard InChI is InChI=1S/C11H17Br2F3S/c12-7-10(8-13,9-3-1-2-4-9)5-6-17-11(14,15)16/h9H,1-8H2. The summed E-state index contributed by atoms with van der Waals surface area (Å²) < 4.78 is 36.5. The highest BCUT2D eigenvalue weighted by Gasteiger charge is 2.39. The lowest BCUT2D eigenvalue weighted by atomic mass is 9.75. The molecular formula is C11H17Br2F3S. The van der Waals surface area contributed by atoms with Crippen LogP contribution in [0.5, 0.6) is 0 Å². The van der Waals surface area contributed by atoms with Crippen molar-refractivity contribution in [3.05, 3.63) is 0 Å². The predicted molar refractivity (Wildman–Crippen MR) is 75.1 cm³/mol. The van der Waals surface area contributed by atoms with E-state index in [0.29, 0.717) is 12.3 Å². The summed E-state index contributed by atoms with van der Waals surface area (Å²) in [6.45, 7) is 0. The van der Waals surface area contributed by atoms with Crippen LogP contribution in [0, 0.1) is 11.3 Å². The van der Waals surface area contributed by atoms with E-state index in [9.17, 15) is 13.2 Å². The van der Waals surface area contributed by atoms with Crippen molar-refractivity contribution in [1.29, 1.82) is 0 Å². The number of thioether (sulfide) groups is 1. The molecule has 0 heterocycles. The van der Waals surface area contributed by atoms with E-state index in [4.69, 9.17) is 0 Å². The zero-order valence-electron chi connectivity index (χ0n) is 9.53. The van der Waals surface area contributed by atoms with E-state index < -0.39 is 5.51 Å². The minimum absolute atomic E-state index is 0.00521. The van der Waals surface area contributed by atoms with Crippen molar-refractivity contribution in [1.82, 2.24) is 0 Å². The second-order valence-corrected chi connectivity index (χ2v) is 6.94. The zero-order chi connectivity index (χ0) is 12.9. The summed E-state index contributed by atoms with van der Waals surface area (Å²) in [4.78, 5) is 0. The Bertz CT molecular complexity index is 223. The van der Waals surface area contributed by atoms with Crippen LogP contribution in [-0.4, -0.2) is 21.9 Å². The number of hydrogen-bond acceptors (Lipinski definition) is 1. The molecule has 0 atom stereocenters. The summed E-state index contributed by atoms with van der Waals surface area (Å²) in [5, 5.41) is 1.57. The quantitative estimate of drug-likeness (QED) is 0.526. The van der Waals surface area contributed by atoms with Gasteiger partial charge in [0, 0.05) is 16.4 Å². The first kappa shape index (κ1) is 16.2.